The molecule has 0 heterocycles. The molecule has 0 spiro atoms. The Morgan fingerprint density at radius 1 is 1.00 bits per heavy atom. The molecule has 2 aromatic carbocycles. The zero-order valence-corrected chi connectivity index (χ0v) is 10.1. The van der Waals surface area contributed by atoms with Gasteiger partial charge in [0.25, 0.3) is 0 Å². The topological polar surface area (TPSA) is 26.0 Å². The number of nitrogens with two attached hydrogens (primary N) is 1. The van der Waals surface area contributed by atoms with Gasteiger partial charge in [-0.15, -0.1) is 0 Å². The molecule has 0 amide bonds. The van der Waals surface area contributed by atoms with Crippen LogP contribution in [-0.2, 0) is 11.8 Å². The molecule has 0 saturated heterocycles. The fraction of sp³-hybridized carbons (Fsp3) is 0.250. The van der Waals surface area contributed by atoms with Crippen molar-refractivity contribution in [2.24, 2.45) is 5.73 Å². The lowest BCUT2D eigenvalue weighted by Gasteiger charge is -2.30. The van der Waals surface area contributed by atoms with E-state index in [0.29, 0.717) is 0 Å². The van der Waals surface area contributed by atoms with Crippen LogP contribution in [0.2, 0.25) is 0 Å². The zero-order valence-electron chi connectivity index (χ0n) is 10.1. The molecular formula is C16H17N. The maximum atomic E-state index is 6.46. The Labute approximate surface area is 102 Å². The molecule has 1 nitrogen and oxygen atoms in total. The second-order valence-corrected chi connectivity index (χ2v) is 5.14. The standard InChI is InChI=1S/C16H17N/c1-16(13-8-3-2-4-9-13)11-12-7-5-6-10-14(12)15(16)17/h2-10,15H,11,17H2,1H3. The van der Waals surface area contributed by atoms with Crippen LogP contribution in [0.15, 0.2) is 54.6 Å². The summed E-state index contributed by atoms with van der Waals surface area (Å²) >= 11 is 0. The van der Waals surface area contributed by atoms with Crippen LogP contribution in [0.4, 0.5) is 0 Å². The monoisotopic (exact) mass is 223 g/mol. The summed E-state index contributed by atoms with van der Waals surface area (Å²) in [4.78, 5) is 0. The quantitative estimate of drug-likeness (QED) is 0.789. The average molecular weight is 223 g/mol. The van der Waals surface area contributed by atoms with Crippen molar-refractivity contribution in [1.29, 1.82) is 0 Å². The van der Waals surface area contributed by atoms with Crippen LogP contribution < -0.4 is 5.73 Å². The molecule has 1 heteroatoms. The fourth-order valence-electron chi connectivity index (χ4n) is 2.95. The van der Waals surface area contributed by atoms with Crippen LogP contribution in [0, 0.1) is 0 Å². The molecule has 2 unspecified atom stereocenters. The predicted octanol–water partition coefficient (Wildman–Crippen LogP) is 3.20. The van der Waals surface area contributed by atoms with E-state index in [-0.39, 0.29) is 11.5 Å². The van der Waals surface area contributed by atoms with Crippen LogP contribution in [0.5, 0.6) is 0 Å². The molecule has 2 N–H and O–H groups in total. The number of fused-ring (bicyclic) bond motifs is 1. The Bertz CT molecular complexity index is 532. The lowest BCUT2D eigenvalue weighted by atomic mass is 9.77. The Balaban J connectivity index is 2.09. The van der Waals surface area contributed by atoms with Gasteiger partial charge in [0.15, 0.2) is 0 Å². The SMILES string of the molecule is CC1(c2ccccc2)Cc2ccccc2C1N. The molecule has 0 aliphatic heterocycles. The Morgan fingerprint density at radius 3 is 2.35 bits per heavy atom. The summed E-state index contributed by atoms with van der Waals surface area (Å²) in [7, 11) is 0. The van der Waals surface area contributed by atoms with E-state index in [1.165, 1.54) is 16.7 Å². The molecule has 0 saturated carbocycles. The van der Waals surface area contributed by atoms with Gasteiger partial charge in [-0.25, -0.2) is 0 Å². The van der Waals surface area contributed by atoms with Gasteiger partial charge in [-0.2, -0.15) is 0 Å². The highest BCUT2D eigenvalue weighted by molar-refractivity contribution is 5.44. The lowest BCUT2D eigenvalue weighted by Crippen LogP contribution is -2.32. The number of hydrogen-bond donors (Lipinski definition) is 1. The highest BCUT2D eigenvalue weighted by Gasteiger charge is 2.41. The number of benzene rings is 2. The van der Waals surface area contributed by atoms with Crippen LogP contribution in [-0.4, -0.2) is 0 Å². The summed E-state index contributed by atoms with van der Waals surface area (Å²) in [6.07, 6.45) is 1.04. The van der Waals surface area contributed by atoms with E-state index in [4.69, 9.17) is 5.73 Å². The molecule has 2 aromatic rings. The van der Waals surface area contributed by atoms with E-state index in [1.807, 2.05) is 0 Å². The summed E-state index contributed by atoms with van der Waals surface area (Å²) in [5.41, 5.74) is 10.5. The van der Waals surface area contributed by atoms with Crippen LogP contribution in [0.1, 0.15) is 29.7 Å². The van der Waals surface area contributed by atoms with Crippen molar-refractivity contribution in [3.63, 3.8) is 0 Å². The van der Waals surface area contributed by atoms with E-state index in [9.17, 15) is 0 Å². The summed E-state index contributed by atoms with van der Waals surface area (Å²) in [6, 6.07) is 19.3. The van der Waals surface area contributed by atoms with E-state index in [1.54, 1.807) is 0 Å². The van der Waals surface area contributed by atoms with Crippen molar-refractivity contribution in [2.45, 2.75) is 24.8 Å². The first-order valence-electron chi connectivity index (χ1n) is 6.11. The Hall–Kier alpha value is -1.60. The first-order chi connectivity index (χ1) is 8.22. The molecule has 0 bridgehead atoms. The van der Waals surface area contributed by atoms with Crippen molar-refractivity contribution >= 4 is 0 Å². The van der Waals surface area contributed by atoms with E-state index >= 15 is 0 Å². The van der Waals surface area contributed by atoms with E-state index in [0.717, 1.165) is 6.42 Å². The summed E-state index contributed by atoms with van der Waals surface area (Å²) < 4.78 is 0. The molecule has 0 aromatic heterocycles. The minimum Gasteiger partial charge on any atom is -0.323 e. The first-order valence-corrected chi connectivity index (χ1v) is 6.11. The smallest absolute Gasteiger partial charge is 0.0396 e. The van der Waals surface area contributed by atoms with Gasteiger partial charge in [-0.3, -0.25) is 0 Å². The average Bonchev–Trinajstić information content (AvgIpc) is 2.65. The molecule has 0 fully saturated rings. The van der Waals surface area contributed by atoms with Gasteiger partial charge in [-0.1, -0.05) is 61.5 Å². The molecule has 86 valence electrons. The van der Waals surface area contributed by atoms with Crippen molar-refractivity contribution < 1.29 is 0 Å². The number of hydrogen-bond acceptors (Lipinski definition) is 1. The maximum absolute atomic E-state index is 6.46. The summed E-state index contributed by atoms with van der Waals surface area (Å²) in [5.74, 6) is 0. The van der Waals surface area contributed by atoms with E-state index in [2.05, 4.69) is 61.5 Å². The van der Waals surface area contributed by atoms with E-state index < -0.39 is 0 Å². The zero-order chi connectivity index (χ0) is 11.9. The highest BCUT2D eigenvalue weighted by Crippen LogP contribution is 2.45. The first kappa shape index (κ1) is 10.5. The molecule has 1 aliphatic carbocycles. The molecule has 3 rings (SSSR count). The minimum absolute atomic E-state index is 0.0327. The van der Waals surface area contributed by atoms with Crippen LogP contribution >= 0.6 is 0 Å². The minimum atomic E-state index is 0.0327. The molecule has 1 aliphatic rings. The van der Waals surface area contributed by atoms with Gasteiger partial charge in [0, 0.05) is 11.5 Å². The van der Waals surface area contributed by atoms with Gasteiger partial charge in [0.1, 0.15) is 0 Å². The summed E-state index contributed by atoms with van der Waals surface area (Å²) in [5, 5.41) is 0. The molecular weight excluding hydrogens is 206 g/mol. The number of rotatable bonds is 1. The van der Waals surface area contributed by atoms with Crippen molar-refractivity contribution in [1.82, 2.24) is 0 Å². The Kier molecular flexibility index (Phi) is 2.30. The molecule has 0 radical (unpaired) electrons. The Morgan fingerprint density at radius 2 is 1.65 bits per heavy atom. The third-order valence-corrected chi connectivity index (χ3v) is 4.07. The largest absolute Gasteiger partial charge is 0.323 e. The van der Waals surface area contributed by atoms with Crippen molar-refractivity contribution in [3.05, 3.63) is 71.3 Å². The van der Waals surface area contributed by atoms with Crippen LogP contribution in [0.3, 0.4) is 0 Å². The van der Waals surface area contributed by atoms with Gasteiger partial charge in [0.2, 0.25) is 0 Å². The lowest BCUT2D eigenvalue weighted by molar-refractivity contribution is 0.415. The predicted molar refractivity (Wildman–Crippen MR) is 70.9 cm³/mol. The maximum Gasteiger partial charge on any atom is 0.0396 e. The second-order valence-electron chi connectivity index (χ2n) is 5.14. The molecule has 2 atom stereocenters. The third-order valence-electron chi connectivity index (χ3n) is 4.07. The van der Waals surface area contributed by atoms with Gasteiger partial charge in [-0.05, 0) is 23.1 Å². The summed E-state index contributed by atoms with van der Waals surface area (Å²) in [6.45, 7) is 2.27. The van der Waals surface area contributed by atoms with Crippen molar-refractivity contribution in [3.8, 4) is 0 Å². The van der Waals surface area contributed by atoms with Gasteiger partial charge in [0.05, 0.1) is 0 Å². The third kappa shape index (κ3) is 1.50. The van der Waals surface area contributed by atoms with Crippen molar-refractivity contribution in [2.75, 3.05) is 0 Å². The molecule has 17 heavy (non-hydrogen) atoms. The second kappa shape index (κ2) is 3.71. The fourth-order valence-corrected chi connectivity index (χ4v) is 2.95. The normalized spacial score (nSPS) is 26.8. The van der Waals surface area contributed by atoms with Gasteiger partial charge < -0.3 is 5.73 Å². The van der Waals surface area contributed by atoms with Crippen LogP contribution in [0.25, 0.3) is 0 Å². The van der Waals surface area contributed by atoms with Gasteiger partial charge >= 0.3 is 0 Å². The highest BCUT2D eigenvalue weighted by atomic mass is 14.7.